The normalized spacial score (nSPS) is 14.7. The number of benzene rings is 2. The molecule has 0 saturated carbocycles. The van der Waals surface area contributed by atoms with E-state index >= 15 is 0 Å². The maximum atomic E-state index is 13.9. The van der Waals surface area contributed by atoms with Crippen LogP contribution in [0.4, 0.5) is 9.18 Å². The van der Waals surface area contributed by atoms with Crippen LogP contribution in [-0.4, -0.2) is 29.4 Å². The molecule has 8 heteroatoms. The van der Waals surface area contributed by atoms with Crippen LogP contribution >= 0.6 is 0 Å². The van der Waals surface area contributed by atoms with Crippen molar-refractivity contribution in [3.8, 4) is 11.3 Å². The summed E-state index contributed by atoms with van der Waals surface area (Å²) < 4.78 is 24.6. The third-order valence-corrected chi connectivity index (χ3v) is 4.84. The molecule has 3 amide bonds. The first kappa shape index (κ1) is 21.0. The van der Waals surface area contributed by atoms with Crippen molar-refractivity contribution < 1.29 is 27.9 Å². The van der Waals surface area contributed by atoms with Gasteiger partial charge < -0.3 is 14.5 Å². The van der Waals surface area contributed by atoms with Crippen LogP contribution in [-0.2, 0) is 16.1 Å². The monoisotopic (exact) mass is 434 g/mol. The number of esters is 1. The molecule has 2 heterocycles. The molecule has 0 radical (unpaired) electrons. The molecule has 2 aromatic carbocycles. The zero-order valence-corrected chi connectivity index (χ0v) is 17.1. The molecule has 162 valence electrons. The van der Waals surface area contributed by atoms with Crippen molar-refractivity contribution in [2.75, 3.05) is 6.61 Å². The number of carbonyl (C=O) groups excluding carboxylic acids is 3. The molecule has 3 aromatic rings. The quantitative estimate of drug-likeness (QED) is 0.354. The van der Waals surface area contributed by atoms with E-state index in [-0.39, 0.29) is 17.8 Å². The van der Waals surface area contributed by atoms with Gasteiger partial charge in [0, 0.05) is 17.2 Å². The van der Waals surface area contributed by atoms with Gasteiger partial charge in [-0.2, -0.15) is 0 Å². The number of nitrogens with one attached hydrogen (secondary N) is 1. The molecule has 4 rings (SSSR count). The third-order valence-electron chi connectivity index (χ3n) is 4.84. The summed E-state index contributed by atoms with van der Waals surface area (Å²) in [6.07, 6.45) is 1.41. The number of nitrogens with zero attached hydrogens (tertiary/aromatic N) is 1. The van der Waals surface area contributed by atoms with E-state index in [1.165, 1.54) is 24.3 Å². The first-order chi connectivity index (χ1) is 15.5. The second-order valence-electron chi connectivity index (χ2n) is 6.97. The number of rotatable bonds is 6. The lowest BCUT2D eigenvalue weighted by atomic mass is 10.1. The number of urea groups is 1. The molecule has 32 heavy (non-hydrogen) atoms. The lowest BCUT2D eigenvalue weighted by Crippen LogP contribution is -2.30. The minimum absolute atomic E-state index is 0.0323. The molecule has 0 spiro atoms. The Bertz CT molecular complexity index is 1210. The van der Waals surface area contributed by atoms with Crippen molar-refractivity contribution in [3.63, 3.8) is 0 Å². The summed E-state index contributed by atoms with van der Waals surface area (Å²) in [5.41, 5.74) is 1.43. The Hall–Kier alpha value is -4.20. The SMILES string of the molecule is CCOC(=O)c1ccc(-c2ccc(C=C3NC(=O)N(Cc4ccccc4F)C3=O)o2)cc1. The molecule has 1 saturated heterocycles. The van der Waals surface area contributed by atoms with Gasteiger partial charge in [-0.3, -0.25) is 9.69 Å². The molecular formula is C24H19FN2O5. The third kappa shape index (κ3) is 4.29. The number of hydrogen-bond acceptors (Lipinski definition) is 5. The largest absolute Gasteiger partial charge is 0.462 e. The number of furan rings is 1. The van der Waals surface area contributed by atoms with Gasteiger partial charge in [-0.15, -0.1) is 0 Å². The molecule has 1 aliphatic heterocycles. The van der Waals surface area contributed by atoms with Crippen LogP contribution in [0.2, 0.25) is 0 Å². The minimum atomic E-state index is -0.633. The molecule has 0 unspecified atom stereocenters. The summed E-state index contributed by atoms with van der Waals surface area (Å²) in [6.45, 7) is 1.86. The van der Waals surface area contributed by atoms with E-state index in [0.29, 0.717) is 23.7 Å². The first-order valence-corrected chi connectivity index (χ1v) is 9.91. The van der Waals surface area contributed by atoms with Crippen LogP contribution < -0.4 is 5.32 Å². The Morgan fingerprint density at radius 1 is 1.09 bits per heavy atom. The highest BCUT2D eigenvalue weighted by Gasteiger charge is 2.34. The van der Waals surface area contributed by atoms with E-state index in [4.69, 9.17) is 9.15 Å². The van der Waals surface area contributed by atoms with Crippen LogP contribution in [0.25, 0.3) is 17.4 Å². The van der Waals surface area contributed by atoms with Crippen LogP contribution in [0.3, 0.4) is 0 Å². The average molecular weight is 434 g/mol. The molecular weight excluding hydrogens is 415 g/mol. The van der Waals surface area contributed by atoms with E-state index in [2.05, 4.69) is 5.32 Å². The van der Waals surface area contributed by atoms with Crippen LogP contribution in [0.1, 0.15) is 28.6 Å². The summed E-state index contributed by atoms with van der Waals surface area (Å²) in [6, 6.07) is 15.4. The van der Waals surface area contributed by atoms with Gasteiger partial charge in [0.1, 0.15) is 23.0 Å². The zero-order valence-electron chi connectivity index (χ0n) is 17.1. The van der Waals surface area contributed by atoms with Gasteiger partial charge in [0.2, 0.25) is 0 Å². The van der Waals surface area contributed by atoms with Crippen molar-refractivity contribution in [2.45, 2.75) is 13.5 Å². The summed E-state index contributed by atoms with van der Waals surface area (Å²) in [5, 5.41) is 2.49. The van der Waals surface area contributed by atoms with Crippen molar-refractivity contribution in [1.82, 2.24) is 10.2 Å². The fourth-order valence-corrected chi connectivity index (χ4v) is 3.22. The van der Waals surface area contributed by atoms with Crippen LogP contribution in [0.5, 0.6) is 0 Å². The molecule has 7 nitrogen and oxygen atoms in total. The molecule has 1 fully saturated rings. The molecule has 1 N–H and O–H groups in total. The van der Waals surface area contributed by atoms with Gasteiger partial charge in [0.25, 0.3) is 5.91 Å². The predicted molar refractivity (Wildman–Crippen MR) is 114 cm³/mol. The smallest absolute Gasteiger partial charge is 0.338 e. The van der Waals surface area contributed by atoms with E-state index in [1.807, 2.05) is 0 Å². The number of halogens is 1. The Morgan fingerprint density at radius 2 is 1.84 bits per heavy atom. The topological polar surface area (TPSA) is 88.9 Å². The van der Waals surface area contributed by atoms with E-state index in [0.717, 1.165) is 10.5 Å². The zero-order chi connectivity index (χ0) is 22.7. The fourth-order valence-electron chi connectivity index (χ4n) is 3.22. The highest BCUT2D eigenvalue weighted by atomic mass is 19.1. The summed E-state index contributed by atoms with van der Waals surface area (Å²) in [7, 11) is 0. The second-order valence-corrected chi connectivity index (χ2v) is 6.97. The van der Waals surface area contributed by atoms with E-state index in [1.54, 1.807) is 49.4 Å². The first-order valence-electron chi connectivity index (χ1n) is 9.91. The lowest BCUT2D eigenvalue weighted by molar-refractivity contribution is -0.123. The summed E-state index contributed by atoms with van der Waals surface area (Å²) in [4.78, 5) is 37.6. The van der Waals surface area contributed by atoms with Gasteiger partial charge in [-0.1, -0.05) is 30.3 Å². The van der Waals surface area contributed by atoms with Crippen molar-refractivity contribution in [2.24, 2.45) is 0 Å². The van der Waals surface area contributed by atoms with E-state index in [9.17, 15) is 18.8 Å². The molecule has 0 bridgehead atoms. The van der Waals surface area contributed by atoms with Gasteiger partial charge in [-0.25, -0.2) is 14.0 Å². The van der Waals surface area contributed by atoms with Crippen molar-refractivity contribution in [3.05, 3.63) is 89.1 Å². The maximum absolute atomic E-state index is 13.9. The molecule has 1 aromatic heterocycles. The van der Waals surface area contributed by atoms with Gasteiger partial charge in [0.15, 0.2) is 0 Å². The van der Waals surface area contributed by atoms with Gasteiger partial charge in [0.05, 0.1) is 18.7 Å². The minimum Gasteiger partial charge on any atom is -0.462 e. The Morgan fingerprint density at radius 3 is 2.56 bits per heavy atom. The Balaban J connectivity index is 1.49. The highest BCUT2D eigenvalue weighted by Crippen LogP contribution is 2.25. The molecule has 1 aliphatic rings. The maximum Gasteiger partial charge on any atom is 0.338 e. The molecule has 0 aliphatic carbocycles. The number of hydrogen-bond donors (Lipinski definition) is 1. The van der Waals surface area contributed by atoms with E-state index < -0.39 is 23.7 Å². The van der Waals surface area contributed by atoms with Crippen LogP contribution in [0, 0.1) is 5.82 Å². The summed E-state index contributed by atoms with van der Waals surface area (Å²) >= 11 is 0. The Kier molecular flexibility index (Phi) is 5.85. The number of ether oxygens (including phenoxy) is 1. The number of amides is 3. The highest BCUT2D eigenvalue weighted by molar-refractivity contribution is 6.13. The number of carbonyl (C=O) groups is 3. The second kappa shape index (κ2) is 8.89. The fraction of sp³-hybridized carbons (Fsp3) is 0.125. The van der Waals surface area contributed by atoms with Crippen molar-refractivity contribution >= 4 is 24.0 Å². The average Bonchev–Trinajstić information content (AvgIpc) is 3.36. The lowest BCUT2D eigenvalue weighted by Gasteiger charge is -2.12. The van der Waals surface area contributed by atoms with Gasteiger partial charge in [-0.05, 0) is 37.3 Å². The summed E-state index contributed by atoms with van der Waals surface area (Å²) in [5.74, 6) is -0.595. The molecule has 0 atom stereocenters. The van der Waals surface area contributed by atoms with Gasteiger partial charge >= 0.3 is 12.0 Å². The Labute approximate surface area is 183 Å². The van der Waals surface area contributed by atoms with Crippen LogP contribution in [0.15, 0.2) is 70.8 Å². The standard InChI is InChI=1S/C24H19FN2O5/c1-2-31-23(29)16-9-7-15(8-10-16)21-12-11-18(32-21)13-20-22(28)27(24(30)26-20)14-17-5-3-4-6-19(17)25/h3-13H,2,14H2,1H3,(H,26,30). The predicted octanol–water partition coefficient (Wildman–Crippen LogP) is 4.36. The number of imide groups is 1. The van der Waals surface area contributed by atoms with Crippen molar-refractivity contribution in [1.29, 1.82) is 0 Å².